The maximum absolute atomic E-state index is 12.9. The molecule has 1 saturated heterocycles. The Bertz CT molecular complexity index is 983. The van der Waals surface area contributed by atoms with Gasteiger partial charge in [-0.3, -0.25) is 19.3 Å². The van der Waals surface area contributed by atoms with Gasteiger partial charge in [0.2, 0.25) is 5.78 Å². The smallest absolute Gasteiger partial charge is 0.416 e. The van der Waals surface area contributed by atoms with Gasteiger partial charge in [0.05, 0.1) is 18.7 Å². The molecule has 1 heterocycles. The number of anilines is 1. The third-order valence-electron chi connectivity index (χ3n) is 5.11. The Hall–Kier alpha value is -3.16. The van der Waals surface area contributed by atoms with Crippen molar-refractivity contribution in [3.8, 4) is 5.75 Å². The predicted octanol–water partition coefficient (Wildman–Crippen LogP) is 4.21. The van der Waals surface area contributed by atoms with Crippen LogP contribution in [0.4, 0.5) is 18.9 Å². The van der Waals surface area contributed by atoms with Crippen molar-refractivity contribution in [3.63, 3.8) is 0 Å². The second-order valence-electron chi connectivity index (χ2n) is 7.31. The number of hydrogen-bond acceptors (Lipinski definition) is 4. The molecule has 5 nitrogen and oxygen atoms in total. The summed E-state index contributed by atoms with van der Waals surface area (Å²) in [7, 11) is 1.42. The minimum Gasteiger partial charge on any atom is -0.496 e. The molecule has 1 amide bonds. The summed E-state index contributed by atoms with van der Waals surface area (Å²) in [6.07, 6.45) is -4.54. The minimum absolute atomic E-state index is 0.0938. The Morgan fingerprint density at radius 1 is 1.03 bits per heavy atom. The number of amides is 1. The monoisotopic (exact) mass is 419 g/mol. The van der Waals surface area contributed by atoms with Crippen molar-refractivity contribution in [2.75, 3.05) is 12.0 Å². The highest BCUT2D eigenvalue weighted by molar-refractivity contribution is 6.48. The number of halogens is 3. The summed E-state index contributed by atoms with van der Waals surface area (Å²) in [6, 6.07) is 9.53. The van der Waals surface area contributed by atoms with Gasteiger partial charge in [0, 0.05) is 17.2 Å². The maximum Gasteiger partial charge on any atom is 0.416 e. The summed E-state index contributed by atoms with van der Waals surface area (Å²) in [5.74, 6) is -3.68. The van der Waals surface area contributed by atoms with Gasteiger partial charge in [0.25, 0.3) is 5.91 Å². The zero-order chi connectivity index (χ0) is 22.2. The number of rotatable bonds is 5. The van der Waals surface area contributed by atoms with E-state index in [0.29, 0.717) is 11.3 Å². The summed E-state index contributed by atoms with van der Waals surface area (Å²) in [4.78, 5) is 39.6. The molecule has 0 spiro atoms. The molecule has 3 rings (SSSR count). The molecule has 1 aliphatic heterocycles. The molecule has 8 heteroatoms. The molecule has 0 saturated carbocycles. The van der Waals surface area contributed by atoms with Crippen molar-refractivity contribution < 1.29 is 32.3 Å². The highest BCUT2D eigenvalue weighted by Gasteiger charge is 2.53. The molecular weight excluding hydrogens is 399 g/mol. The first kappa shape index (κ1) is 21.5. The van der Waals surface area contributed by atoms with Crippen LogP contribution in [0, 0.1) is 11.8 Å². The number of carbonyl (C=O) groups is 3. The fourth-order valence-electron chi connectivity index (χ4n) is 3.63. The lowest BCUT2D eigenvalue weighted by atomic mass is 9.84. The van der Waals surface area contributed by atoms with E-state index in [1.807, 2.05) is 0 Å². The van der Waals surface area contributed by atoms with Gasteiger partial charge in [-0.2, -0.15) is 13.2 Å². The SMILES string of the molecule is COc1ccccc1C1C(C(=O)C(C)C)C(=O)C(=O)N1c1ccc(C(F)(F)F)cc1. The van der Waals surface area contributed by atoms with Crippen LogP contribution in [0.25, 0.3) is 0 Å². The molecule has 0 aromatic heterocycles. The number of nitrogens with zero attached hydrogens (tertiary/aromatic N) is 1. The van der Waals surface area contributed by atoms with Gasteiger partial charge in [0.1, 0.15) is 17.5 Å². The van der Waals surface area contributed by atoms with Crippen molar-refractivity contribution in [2.24, 2.45) is 11.8 Å². The Labute approximate surface area is 171 Å². The molecule has 0 N–H and O–H groups in total. The second-order valence-corrected chi connectivity index (χ2v) is 7.31. The molecular formula is C22H20F3NO4. The first-order chi connectivity index (χ1) is 14.1. The van der Waals surface area contributed by atoms with E-state index in [1.54, 1.807) is 38.1 Å². The highest BCUT2D eigenvalue weighted by Crippen LogP contribution is 2.44. The van der Waals surface area contributed by atoms with E-state index in [9.17, 15) is 27.6 Å². The van der Waals surface area contributed by atoms with Crippen LogP contribution in [-0.2, 0) is 20.6 Å². The fraction of sp³-hybridized carbons (Fsp3) is 0.318. The summed E-state index contributed by atoms with van der Waals surface area (Å²) in [5, 5.41) is 0. The van der Waals surface area contributed by atoms with E-state index in [-0.39, 0.29) is 5.69 Å². The minimum atomic E-state index is -4.54. The summed E-state index contributed by atoms with van der Waals surface area (Å²) in [5.41, 5.74) is -0.359. The molecule has 1 aliphatic rings. The number of benzene rings is 2. The summed E-state index contributed by atoms with van der Waals surface area (Å²) < 4.78 is 44.2. The van der Waals surface area contributed by atoms with Crippen LogP contribution in [0.5, 0.6) is 5.75 Å². The maximum atomic E-state index is 12.9. The Morgan fingerprint density at radius 2 is 1.63 bits per heavy atom. The van der Waals surface area contributed by atoms with Crippen LogP contribution in [0.2, 0.25) is 0 Å². The van der Waals surface area contributed by atoms with Crippen LogP contribution >= 0.6 is 0 Å². The van der Waals surface area contributed by atoms with Gasteiger partial charge >= 0.3 is 6.18 Å². The van der Waals surface area contributed by atoms with E-state index in [2.05, 4.69) is 0 Å². The average molecular weight is 419 g/mol. The lowest BCUT2D eigenvalue weighted by Gasteiger charge is -2.29. The van der Waals surface area contributed by atoms with Crippen LogP contribution in [0.15, 0.2) is 48.5 Å². The fourth-order valence-corrected chi connectivity index (χ4v) is 3.63. The molecule has 2 aromatic carbocycles. The third-order valence-corrected chi connectivity index (χ3v) is 5.11. The molecule has 2 atom stereocenters. The Balaban J connectivity index is 2.17. The number of ether oxygens (including phenoxy) is 1. The zero-order valence-corrected chi connectivity index (χ0v) is 16.6. The van der Waals surface area contributed by atoms with Crippen molar-refractivity contribution in [3.05, 3.63) is 59.7 Å². The molecule has 30 heavy (non-hydrogen) atoms. The Morgan fingerprint density at radius 3 is 2.17 bits per heavy atom. The van der Waals surface area contributed by atoms with Crippen molar-refractivity contribution in [1.29, 1.82) is 0 Å². The van der Waals surface area contributed by atoms with Crippen LogP contribution < -0.4 is 9.64 Å². The predicted molar refractivity (Wildman–Crippen MR) is 103 cm³/mol. The van der Waals surface area contributed by atoms with Crippen LogP contribution in [-0.4, -0.2) is 24.6 Å². The van der Waals surface area contributed by atoms with Gasteiger partial charge in [-0.15, -0.1) is 0 Å². The molecule has 0 aliphatic carbocycles. The summed E-state index contributed by atoms with van der Waals surface area (Å²) >= 11 is 0. The molecule has 0 radical (unpaired) electrons. The number of alkyl halides is 3. The zero-order valence-electron chi connectivity index (χ0n) is 16.6. The second kappa shape index (κ2) is 7.93. The first-order valence-electron chi connectivity index (χ1n) is 9.29. The van der Waals surface area contributed by atoms with Crippen LogP contribution in [0.3, 0.4) is 0 Å². The van der Waals surface area contributed by atoms with E-state index in [0.717, 1.165) is 29.2 Å². The van der Waals surface area contributed by atoms with Crippen molar-refractivity contribution >= 4 is 23.2 Å². The first-order valence-corrected chi connectivity index (χ1v) is 9.29. The van der Waals surface area contributed by atoms with Gasteiger partial charge < -0.3 is 4.74 Å². The topological polar surface area (TPSA) is 63.7 Å². The average Bonchev–Trinajstić information content (AvgIpc) is 2.97. The summed E-state index contributed by atoms with van der Waals surface area (Å²) in [6.45, 7) is 3.25. The normalized spacial score (nSPS) is 19.5. The molecule has 2 aromatic rings. The van der Waals surface area contributed by atoms with E-state index in [4.69, 9.17) is 4.74 Å². The van der Waals surface area contributed by atoms with Gasteiger partial charge in [-0.05, 0) is 30.3 Å². The third kappa shape index (κ3) is 3.69. The van der Waals surface area contributed by atoms with Gasteiger partial charge in [-0.25, -0.2) is 0 Å². The molecule has 0 bridgehead atoms. The lowest BCUT2D eigenvalue weighted by molar-refractivity contribution is -0.140. The number of Topliss-reactive ketones (excluding diaryl/α,β-unsaturated/α-hetero) is 2. The lowest BCUT2D eigenvalue weighted by Crippen LogP contribution is -2.32. The number of ketones is 2. The van der Waals surface area contributed by atoms with Gasteiger partial charge in [0.15, 0.2) is 0 Å². The number of methoxy groups -OCH3 is 1. The van der Waals surface area contributed by atoms with E-state index in [1.165, 1.54) is 7.11 Å². The quantitative estimate of drug-likeness (QED) is 0.538. The number of hydrogen-bond donors (Lipinski definition) is 0. The molecule has 2 unspecified atom stereocenters. The van der Waals surface area contributed by atoms with Crippen LogP contribution in [0.1, 0.15) is 31.0 Å². The van der Waals surface area contributed by atoms with Crippen molar-refractivity contribution in [1.82, 2.24) is 0 Å². The largest absolute Gasteiger partial charge is 0.496 e. The van der Waals surface area contributed by atoms with Gasteiger partial charge in [-0.1, -0.05) is 32.0 Å². The molecule has 1 fully saturated rings. The standard InChI is InChI=1S/C22H20F3NO4/c1-12(2)19(27)17-18(15-6-4-5-7-16(15)30-3)26(21(29)20(17)28)14-10-8-13(9-11-14)22(23,24)25/h4-12,17-18H,1-3H3. The van der Waals surface area contributed by atoms with Crippen molar-refractivity contribution in [2.45, 2.75) is 26.1 Å². The Kier molecular flexibility index (Phi) is 5.70. The number of carbonyl (C=O) groups excluding carboxylic acids is 3. The van der Waals surface area contributed by atoms with E-state index < -0.39 is 47.1 Å². The number of para-hydroxylation sites is 1. The highest BCUT2D eigenvalue weighted by atomic mass is 19.4. The van der Waals surface area contributed by atoms with E-state index >= 15 is 0 Å². The molecule has 158 valence electrons.